The maximum atomic E-state index is 14.2. The van der Waals surface area contributed by atoms with E-state index in [4.69, 9.17) is 11.6 Å². The number of benzene rings is 2. The maximum Gasteiger partial charge on any atom is 0.129 e. The summed E-state index contributed by atoms with van der Waals surface area (Å²) in [6, 6.07) is 14.3. The quantitative estimate of drug-likeness (QED) is 0.778. The highest BCUT2D eigenvalue weighted by Crippen LogP contribution is 2.30. The van der Waals surface area contributed by atoms with Crippen LogP contribution in [0.3, 0.4) is 0 Å². The van der Waals surface area contributed by atoms with Crippen molar-refractivity contribution in [3.8, 4) is 0 Å². The molecule has 0 radical (unpaired) electrons. The minimum absolute atomic E-state index is 0.277. The van der Waals surface area contributed by atoms with E-state index in [-0.39, 0.29) is 11.9 Å². The van der Waals surface area contributed by atoms with E-state index in [1.54, 1.807) is 25.4 Å². The molecule has 21 heavy (non-hydrogen) atoms. The summed E-state index contributed by atoms with van der Waals surface area (Å²) >= 11 is 5.83. The third-order valence-electron chi connectivity index (χ3n) is 3.54. The van der Waals surface area contributed by atoms with Crippen molar-refractivity contribution in [2.75, 3.05) is 7.05 Å². The number of fused-ring (bicyclic) bond motifs is 1. The van der Waals surface area contributed by atoms with Crippen molar-refractivity contribution in [2.45, 2.75) is 6.04 Å². The van der Waals surface area contributed by atoms with Crippen LogP contribution >= 0.6 is 11.6 Å². The van der Waals surface area contributed by atoms with Gasteiger partial charge in [-0.05, 0) is 30.8 Å². The molecule has 1 N–H and O–H groups in total. The van der Waals surface area contributed by atoms with Crippen LogP contribution in [0.4, 0.5) is 4.39 Å². The first kappa shape index (κ1) is 14.0. The van der Waals surface area contributed by atoms with Gasteiger partial charge >= 0.3 is 0 Å². The van der Waals surface area contributed by atoms with E-state index in [1.165, 1.54) is 6.07 Å². The van der Waals surface area contributed by atoms with E-state index in [0.717, 1.165) is 16.5 Å². The van der Waals surface area contributed by atoms with Gasteiger partial charge in [0.15, 0.2) is 0 Å². The number of rotatable bonds is 3. The summed E-state index contributed by atoms with van der Waals surface area (Å²) in [5, 5.41) is 4.59. The average molecular weight is 301 g/mol. The van der Waals surface area contributed by atoms with E-state index in [9.17, 15) is 4.39 Å². The summed E-state index contributed by atoms with van der Waals surface area (Å²) in [6.07, 6.45) is 1.75. The lowest BCUT2D eigenvalue weighted by atomic mass is 9.96. The van der Waals surface area contributed by atoms with Gasteiger partial charge in [-0.1, -0.05) is 41.9 Å². The molecule has 0 bridgehead atoms. The second kappa shape index (κ2) is 5.80. The van der Waals surface area contributed by atoms with Gasteiger partial charge in [0.05, 0.1) is 11.6 Å². The molecular formula is C17H14ClFN2. The average Bonchev–Trinajstić information content (AvgIpc) is 2.50. The number of aromatic nitrogens is 1. The third kappa shape index (κ3) is 2.62. The van der Waals surface area contributed by atoms with Gasteiger partial charge in [0.1, 0.15) is 5.82 Å². The summed E-state index contributed by atoms with van der Waals surface area (Å²) in [4.78, 5) is 4.43. The summed E-state index contributed by atoms with van der Waals surface area (Å²) in [6.45, 7) is 0. The van der Waals surface area contributed by atoms with Gasteiger partial charge < -0.3 is 5.32 Å². The Balaban J connectivity index is 2.18. The molecule has 0 aliphatic carbocycles. The summed E-state index contributed by atoms with van der Waals surface area (Å²) in [5.41, 5.74) is 2.37. The van der Waals surface area contributed by atoms with E-state index in [1.807, 2.05) is 30.3 Å². The Hall–Kier alpha value is -1.97. The topological polar surface area (TPSA) is 24.9 Å². The highest BCUT2D eigenvalue weighted by atomic mass is 35.5. The fraction of sp³-hybridized carbons (Fsp3) is 0.118. The highest BCUT2D eigenvalue weighted by Gasteiger charge is 2.19. The van der Waals surface area contributed by atoms with Crippen LogP contribution in [-0.4, -0.2) is 12.0 Å². The molecule has 0 saturated carbocycles. The molecule has 0 fully saturated rings. The normalized spacial score (nSPS) is 12.5. The number of pyridine rings is 1. The molecule has 2 aromatic carbocycles. The fourth-order valence-corrected chi connectivity index (χ4v) is 2.73. The highest BCUT2D eigenvalue weighted by molar-refractivity contribution is 6.30. The molecule has 106 valence electrons. The number of para-hydroxylation sites is 1. The number of nitrogens with one attached hydrogen (secondary N) is 1. The molecule has 1 heterocycles. The van der Waals surface area contributed by atoms with Crippen LogP contribution < -0.4 is 5.32 Å². The number of hydrogen-bond acceptors (Lipinski definition) is 2. The Labute approximate surface area is 127 Å². The molecule has 0 aliphatic heterocycles. The third-order valence-corrected chi connectivity index (χ3v) is 3.77. The second-order valence-corrected chi connectivity index (χ2v) is 5.25. The van der Waals surface area contributed by atoms with Crippen molar-refractivity contribution in [1.29, 1.82) is 0 Å². The van der Waals surface area contributed by atoms with E-state index >= 15 is 0 Å². The first-order valence-electron chi connectivity index (χ1n) is 6.66. The van der Waals surface area contributed by atoms with Crippen molar-refractivity contribution >= 4 is 22.5 Å². The first-order chi connectivity index (χ1) is 10.2. The van der Waals surface area contributed by atoms with Gasteiger partial charge in [0.25, 0.3) is 0 Å². The van der Waals surface area contributed by atoms with Gasteiger partial charge in [-0.15, -0.1) is 0 Å². The molecule has 0 saturated heterocycles. The van der Waals surface area contributed by atoms with E-state index < -0.39 is 0 Å². The molecule has 4 heteroatoms. The minimum Gasteiger partial charge on any atom is -0.309 e. The molecule has 1 atom stereocenters. The number of nitrogens with zero attached hydrogens (tertiary/aromatic N) is 1. The van der Waals surface area contributed by atoms with Gasteiger partial charge in [0, 0.05) is 22.2 Å². The van der Waals surface area contributed by atoms with Gasteiger partial charge in [-0.3, -0.25) is 4.98 Å². The van der Waals surface area contributed by atoms with E-state index in [0.29, 0.717) is 10.6 Å². The lowest BCUT2D eigenvalue weighted by Gasteiger charge is -2.19. The lowest BCUT2D eigenvalue weighted by Crippen LogP contribution is -2.19. The van der Waals surface area contributed by atoms with Crippen LogP contribution in [0.15, 0.2) is 54.7 Å². The SMILES string of the molecule is CNC(c1ccc(Cl)cc1F)c1cccc2cccnc12. The Morgan fingerprint density at radius 3 is 2.67 bits per heavy atom. The largest absolute Gasteiger partial charge is 0.309 e. The van der Waals surface area contributed by atoms with Crippen molar-refractivity contribution < 1.29 is 4.39 Å². The van der Waals surface area contributed by atoms with Gasteiger partial charge in [0.2, 0.25) is 0 Å². The molecule has 2 nitrogen and oxygen atoms in total. The predicted molar refractivity (Wildman–Crippen MR) is 84.1 cm³/mol. The molecular weight excluding hydrogens is 287 g/mol. The smallest absolute Gasteiger partial charge is 0.129 e. The van der Waals surface area contributed by atoms with Crippen molar-refractivity contribution in [3.05, 3.63) is 76.7 Å². The molecule has 1 aromatic heterocycles. The zero-order valence-corrected chi connectivity index (χ0v) is 12.2. The zero-order valence-electron chi connectivity index (χ0n) is 11.5. The van der Waals surface area contributed by atoms with Crippen LogP contribution in [0.1, 0.15) is 17.2 Å². The van der Waals surface area contributed by atoms with Crippen LogP contribution in [0, 0.1) is 5.82 Å². The minimum atomic E-state index is -0.324. The maximum absolute atomic E-state index is 14.2. The zero-order chi connectivity index (χ0) is 14.8. The summed E-state index contributed by atoms with van der Waals surface area (Å²) in [7, 11) is 1.81. The number of hydrogen-bond donors (Lipinski definition) is 1. The standard InChI is InChI=1S/C17H14ClFN2/c1-20-17(13-8-7-12(18)10-15(13)19)14-6-2-4-11-5-3-9-21-16(11)14/h2-10,17,20H,1H3. The Morgan fingerprint density at radius 1 is 1.10 bits per heavy atom. The Kier molecular flexibility index (Phi) is 3.86. The molecule has 3 rings (SSSR count). The summed E-state index contributed by atoms with van der Waals surface area (Å²) < 4.78 is 14.2. The fourth-order valence-electron chi connectivity index (χ4n) is 2.57. The lowest BCUT2D eigenvalue weighted by molar-refractivity contribution is 0.577. The van der Waals surface area contributed by atoms with Crippen molar-refractivity contribution in [1.82, 2.24) is 10.3 Å². The van der Waals surface area contributed by atoms with Gasteiger partial charge in [-0.2, -0.15) is 0 Å². The molecule has 1 unspecified atom stereocenters. The van der Waals surface area contributed by atoms with Crippen LogP contribution in [0.25, 0.3) is 10.9 Å². The van der Waals surface area contributed by atoms with Crippen LogP contribution in [0.5, 0.6) is 0 Å². The van der Waals surface area contributed by atoms with Gasteiger partial charge in [-0.25, -0.2) is 4.39 Å². The van der Waals surface area contributed by atoms with Crippen molar-refractivity contribution in [3.63, 3.8) is 0 Å². The second-order valence-electron chi connectivity index (χ2n) is 4.81. The predicted octanol–water partition coefficient (Wildman–Crippen LogP) is 4.34. The van der Waals surface area contributed by atoms with Crippen molar-refractivity contribution in [2.24, 2.45) is 0 Å². The molecule has 0 aliphatic rings. The first-order valence-corrected chi connectivity index (χ1v) is 7.04. The molecule has 3 aromatic rings. The summed E-state index contributed by atoms with van der Waals surface area (Å²) in [5.74, 6) is -0.324. The van der Waals surface area contributed by atoms with Crippen LogP contribution in [0.2, 0.25) is 5.02 Å². The van der Waals surface area contributed by atoms with Crippen LogP contribution in [-0.2, 0) is 0 Å². The number of halogens is 2. The monoisotopic (exact) mass is 300 g/mol. The van der Waals surface area contributed by atoms with E-state index in [2.05, 4.69) is 10.3 Å². The Bertz CT molecular complexity index is 783. The molecule has 0 spiro atoms. The Morgan fingerprint density at radius 2 is 1.90 bits per heavy atom. The molecule has 0 amide bonds.